The van der Waals surface area contributed by atoms with Crippen molar-refractivity contribution < 1.29 is 28.6 Å². The molecule has 1 aromatic rings. The molecule has 0 aromatic heterocycles. The Hall–Kier alpha value is -1.74. The average molecular weight is 353 g/mol. The maximum absolute atomic E-state index is 14.7. The predicted octanol–water partition coefficient (Wildman–Crippen LogP) is 2.40. The van der Waals surface area contributed by atoms with E-state index in [0.717, 1.165) is 0 Å². The van der Waals surface area contributed by atoms with Gasteiger partial charge in [-0.2, -0.15) is 4.79 Å². The summed E-state index contributed by atoms with van der Waals surface area (Å²) in [7, 11) is 0. The van der Waals surface area contributed by atoms with E-state index in [1.54, 1.807) is 19.1 Å². The zero-order valence-electron chi connectivity index (χ0n) is 14.1. The highest BCUT2D eigenvalue weighted by Crippen LogP contribution is 2.36. The Kier molecular flexibility index (Phi) is 3.95. The van der Waals surface area contributed by atoms with Crippen LogP contribution < -0.4 is 9.55 Å². The van der Waals surface area contributed by atoms with Gasteiger partial charge < -0.3 is 19.1 Å². The molecule has 3 heterocycles. The first-order valence-electron chi connectivity index (χ1n) is 8.57. The van der Waals surface area contributed by atoms with Crippen molar-refractivity contribution in [1.82, 2.24) is 4.65 Å². The number of carbonyl (C=O) groups is 1. The minimum absolute atomic E-state index is 0.0680. The van der Waals surface area contributed by atoms with E-state index in [-0.39, 0.29) is 12.2 Å². The van der Waals surface area contributed by atoms with Crippen molar-refractivity contribution in [2.24, 2.45) is 0 Å². The number of piperidine rings is 1. The number of nitrogens with zero attached hydrogens (tertiary/aromatic N) is 2. The summed E-state index contributed by atoms with van der Waals surface area (Å²) in [6, 6.07) is 4.39. The van der Waals surface area contributed by atoms with Crippen molar-refractivity contribution in [3.8, 4) is 0 Å². The molecule has 0 aliphatic carbocycles. The summed E-state index contributed by atoms with van der Waals surface area (Å²) in [4.78, 5) is 13.8. The fourth-order valence-corrected chi connectivity index (χ4v) is 3.81. The van der Waals surface area contributed by atoms with Crippen molar-refractivity contribution in [3.63, 3.8) is 0 Å². The number of hydroxylamine groups is 2. The molecular formula is C17H22FN2O5+. The van der Waals surface area contributed by atoms with Gasteiger partial charge in [0.05, 0.1) is 18.9 Å². The van der Waals surface area contributed by atoms with Gasteiger partial charge in [0.25, 0.3) is 0 Å². The summed E-state index contributed by atoms with van der Waals surface area (Å²) in [5, 5.41) is 10.5. The van der Waals surface area contributed by atoms with Crippen LogP contribution in [-0.2, 0) is 14.2 Å². The number of halogens is 1. The van der Waals surface area contributed by atoms with Gasteiger partial charge in [0.15, 0.2) is 29.9 Å². The van der Waals surface area contributed by atoms with Crippen LogP contribution in [0, 0.1) is 5.82 Å². The normalized spacial score (nSPS) is 31.6. The number of carbonyl (C=O) groups excluding carboxylic acids is 1. The van der Waals surface area contributed by atoms with E-state index in [0.29, 0.717) is 44.8 Å². The van der Waals surface area contributed by atoms with Crippen LogP contribution in [0.25, 0.3) is 0 Å². The average Bonchev–Trinajstić information content (AvgIpc) is 3.14. The highest BCUT2D eigenvalue weighted by atomic mass is 19.1. The standard InChI is InChI=1S/C17H22FN2O5/c1-12-11-20(22,16(21)25-12)13-2-3-15(14(18)10-13)19-6-4-17(5-7-19)23-8-9-24-17/h2-3,10,12,22H,4-9,11H2,1H3/q+1/t12?,20-/m1/s1. The number of amides is 1. The molecule has 1 amide bonds. The van der Waals surface area contributed by atoms with Gasteiger partial charge in [0.2, 0.25) is 0 Å². The first kappa shape index (κ1) is 16.7. The minimum Gasteiger partial charge on any atom is -0.408 e. The molecule has 4 rings (SSSR count). The van der Waals surface area contributed by atoms with Crippen LogP contribution in [0.1, 0.15) is 19.8 Å². The summed E-state index contributed by atoms with van der Waals surface area (Å²) in [5.41, 5.74) is 0.621. The van der Waals surface area contributed by atoms with E-state index in [1.165, 1.54) is 6.07 Å². The lowest BCUT2D eigenvalue weighted by molar-refractivity contribution is -0.169. The van der Waals surface area contributed by atoms with E-state index in [1.807, 2.05) is 4.90 Å². The fraction of sp³-hybridized carbons (Fsp3) is 0.588. The molecule has 1 N–H and O–H groups in total. The monoisotopic (exact) mass is 353 g/mol. The van der Waals surface area contributed by atoms with Crippen LogP contribution in [0.3, 0.4) is 0 Å². The zero-order valence-corrected chi connectivity index (χ0v) is 14.1. The van der Waals surface area contributed by atoms with E-state index in [2.05, 4.69) is 0 Å². The molecule has 3 aliphatic rings. The number of quaternary nitrogens is 1. The maximum atomic E-state index is 14.7. The number of benzene rings is 1. The Morgan fingerprint density at radius 1 is 1.28 bits per heavy atom. The van der Waals surface area contributed by atoms with Crippen LogP contribution in [0.4, 0.5) is 20.6 Å². The number of ether oxygens (including phenoxy) is 3. The van der Waals surface area contributed by atoms with Gasteiger partial charge in [-0.15, -0.1) is 0 Å². The van der Waals surface area contributed by atoms with Gasteiger partial charge >= 0.3 is 6.09 Å². The highest BCUT2D eigenvalue weighted by molar-refractivity contribution is 5.82. The maximum Gasteiger partial charge on any atom is 0.555 e. The van der Waals surface area contributed by atoms with Gasteiger partial charge in [0.1, 0.15) is 0 Å². The van der Waals surface area contributed by atoms with Crippen LogP contribution in [0.2, 0.25) is 0 Å². The molecule has 3 aliphatic heterocycles. The van der Waals surface area contributed by atoms with Crippen molar-refractivity contribution >= 4 is 17.5 Å². The van der Waals surface area contributed by atoms with E-state index < -0.39 is 28.4 Å². The molecule has 1 unspecified atom stereocenters. The first-order valence-corrected chi connectivity index (χ1v) is 8.57. The molecule has 3 saturated heterocycles. The Labute approximate surface area is 145 Å². The second-order valence-electron chi connectivity index (χ2n) is 6.88. The fourth-order valence-electron chi connectivity index (χ4n) is 3.81. The lowest BCUT2D eigenvalue weighted by Crippen LogP contribution is -2.47. The predicted molar refractivity (Wildman–Crippen MR) is 86.9 cm³/mol. The Morgan fingerprint density at radius 2 is 1.96 bits per heavy atom. The molecule has 2 atom stereocenters. The third-order valence-corrected chi connectivity index (χ3v) is 5.16. The lowest BCUT2D eigenvalue weighted by Gasteiger charge is -2.38. The number of cyclic esters (lactones) is 1. The van der Waals surface area contributed by atoms with E-state index >= 15 is 0 Å². The van der Waals surface area contributed by atoms with Crippen LogP contribution in [-0.4, -0.2) is 56.0 Å². The van der Waals surface area contributed by atoms with Crippen molar-refractivity contribution in [2.45, 2.75) is 31.7 Å². The molecule has 3 fully saturated rings. The van der Waals surface area contributed by atoms with Crippen LogP contribution in [0.15, 0.2) is 18.2 Å². The van der Waals surface area contributed by atoms with Crippen molar-refractivity contribution in [1.29, 1.82) is 0 Å². The number of hydrogen-bond donors (Lipinski definition) is 1. The third-order valence-electron chi connectivity index (χ3n) is 5.16. The van der Waals surface area contributed by atoms with E-state index in [9.17, 15) is 14.4 Å². The molecule has 0 saturated carbocycles. The van der Waals surface area contributed by atoms with Gasteiger partial charge in [-0.3, -0.25) is 0 Å². The van der Waals surface area contributed by atoms with E-state index in [4.69, 9.17) is 14.2 Å². The molecule has 1 aromatic carbocycles. The number of hydrogen-bond acceptors (Lipinski definition) is 6. The lowest BCUT2D eigenvalue weighted by atomic mass is 10.0. The summed E-state index contributed by atoms with van der Waals surface area (Å²) in [5.74, 6) is -0.983. The minimum atomic E-state index is -1.02. The van der Waals surface area contributed by atoms with Gasteiger partial charge in [-0.1, -0.05) is 0 Å². The Balaban J connectivity index is 1.52. The topological polar surface area (TPSA) is 68.2 Å². The number of anilines is 1. The summed E-state index contributed by atoms with van der Waals surface area (Å²) >= 11 is 0. The van der Waals surface area contributed by atoms with Crippen molar-refractivity contribution in [2.75, 3.05) is 37.7 Å². The molecular weight excluding hydrogens is 331 g/mol. The van der Waals surface area contributed by atoms with Gasteiger partial charge in [-0.25, -0.2) is 9.60 Å². The smallest absolute Gasteiger partial charge is 0.408 e. The van der Waals surface area contributed by atoms with Crippen LogP contribution in [0.5, 0.6) is 0 Å². The SMILES string of the molecule is CC1C[N@@+](O)(c2ccc(N3CCC4(CC3)OCCO4)c(F)c2)C(=O)O1. The largest absolute Gasteiger partial charge is 0.555 e. The summed E-state index contributed by atoms with van der Waals surface area (Å²) in [6.45, 7) is 4.21. The summed E-state index contributed by atoms with van der Waals surface area (Å²) in [6.07, 6.45) is 0.163. The molecule has 0 bridgehead atoms. The highest BCUT2D eigenvalue weighted by Gasteiger charge is 2.50. The van der Waals surface area contributed by atoms with Crippen molar-refractivity contribution in [3.05, 3.63) is 24.0 Å². The second-order valence-corrected chi connectivity index (χ2v) is 6.88. The number of rotatable bonds is 2. The molecule has 136 valence electrons. The first-order chi connectivity index (χ1) is 11.9. The molecule has 7 nitrogen and oxygen atoms in total. The molecule has 8 heteroatoms. The summed E-state index contributed by atoms with van der Waals surface area (Å²) < 4.78 is 30.0. The zero-order chi connectivity index (χ0) is 17.7. The Bertz CT molecular complexity index is 684. The third kappa shape index (κ3) is 2.79. The molecule has 1 spiro atoms. The van der Waals surface area contributed by atoms with Gasteiger partial charge in [-0.05, 0) is 17.6 Å². The molecule has 25 heavy (non-hydrogen) atoms. The van der Waals surface area contributed by atoms with Crippen LogP contribution >= 0.6 is 0 Å². The Morgan fingerprint density at radius 3 is 2.52 bits per heavy atom. The second kappa shape index (κ2) is 5.91. The molecule has 0 radical (unpaired) electrons. The van der Waals surface area contributed by atoms with Gasteiger partial charge in [0, 0.05) is 38.1 Å². The quantitative estimate of drug-likeness (QED) is 0.650.